The topological polar surface area (TPSA) is 21.6 Å². The molecule has 0 aliphatic carbocycles. The van der Waals surface area contributed by atoms with Crippen LogP contribution in [0.2, 0.25) is 0 Å². The predicted molar refractivity (Wildman–Crippen MR) is 50.9 cm³/mol. The highest BCUT2D eigenvalue weighted by Gasteiger charge is 1.87. The van der Waals surface area contributed by atoms with E-state index in [0.29, 0.717) is 0 Å². The molecule has 0 saturated heterocycles. The Balaban J connectivity index is 2.59. The molecule has 1 rings (SSSR count). The van der Waals surface area contributed by atoms with Gasteiger partial charge in [-0.15, -0.1) is 0 Å². The van der Waals surface area contributed by atoms with E-state index in [2.05, 4.69) is 9.99 Å². The highest BCUT2D eigenvalue weighted by molar-refractivity contribution is 5.77. The molecule has 1 aromatic carbocycles. The van der Waals surface area contributed by atoms with E-state index >= 15 is 0 Å². The van der Waals surface area contributed by atoms with Crippen molar-refractivity contribution in [3.63, 3.8) is 0 Å². The fourth-order valence-corrected chi connectivity index (χ4v) is 0.824. The van der Waals surface area contributed by atoms with Crippen LogP contribution in [0, 0.1) is 5.82 Å². The van der Waals surface area contributed by atoms with Gasteiger partial charge in [0.1, 0.15) is 12.9 Å². The maximum Gasteiger partial charge on any atom is 0.123 e. The summed E-state index contributed by atoms with van der Waals surface area (Å²) in [4.78, 5) is 4.46. The molecule has 3 heteroatoms. The molecule has 0 aliphatic heterocycles. The van der Waals surface area contributed by atoms with Gasteiger partial charge in [0, 0.05) is 0 Å². The first-order valence-corrected chi connectivity index (χ1v) is 3.81. The van der Waals surface area contributed by atoms with Gasteiger partial charge in [0.15, 0.2) is 0 Å². The minimum atomic E-state index is -0.234. The average molecular weight is 179 g/mol. The van der Waals surface area contributed by atoms with E-state index in [1.165, 1.54) is 25.5 Å². The summed E-state index contributed by atoms with van der Waals surface area (Å²) in [7, 11) is 1.47. The van der Waals surface area contributed by atoms with E-state index in [0.717, 1.165) is 5.56 Å². The van der Waals surface area contributed by atoms with Crippen LogP contribution in [0.25, 0.3) is 6.08 Å². The third-order valence-electron chi connectivity index (χ3n) is 1.41. The van der Waals surface area contributed by atoms with Crippen molar-refractivity contribution in [2.24, 2.45) is 5.16 Å². The van der Waals surface area contributed by atoms with E-state index in [1.54, 1.807) is 18.2 Å². The summed E-state index contributed by atoms with van der Waals surface area (Å²) >= 11 is 0. The van der Waals surface area contributed by atoms with Gasteiger partial charge >= 0.3 is 0 Å². The number of hydrogen-bond donors (Lipinski definition) is 0. The van der Waals surface area contributed by atoms with Gasteiger partial charge in [0.25, 0.3) is 0 Å². The van der Waals surface area contributed by atoms with Crippen LogP contribution in [0.1, 0.15) is 5.56 Å². The number of benzene rings is 1. The summed E-state index contributed by atoms with van der Waals surface area (Å²) in [5, 5.41) is 3.52. The maximum absolute atomic E-state index is 12.5. The van der Waals surface area contributed by atoms with Crippen molar-refractivity contribution in [3.05, 3.63) is 41.7 Å². The SMILES string of the molecule is CO/N=C/C=C/c1ccc(F)cc1. The molecule has 13 heavy (non-hydrogen) atoms. The Labute approximate surface area is 76.3 Å². The van der Waals surface area contributed by atoms with E-state index in [4.69, 9.17) is 0 Å². The van der Waals surface area contributed by atoms with Crippen molar-refractivity contribution in [1.82, 2.24) is 0 Å². The van der Waals surface area contributed by atoms with Crippen LogP contribution < -0.4 is 0 Å². The minimum Gasteiger partial charge on any atom is -0.399 e. The lowest BCUT2D eigenvalue weighted by Gasteiger charge is -1.90. The van der Waals surface area contributed by atoms with Gasteiger partial charge in [-0.2, -0.15) is 0 Å². The number of oxime groups is 1. The standard InChI is InChI=1S/C10H10FNO/c1-13-12-8-2-3-9-4-6-10(11)7-5-9/h2-8H,1H3/b3-2+,12-8+. The van der Waals surface area contributed by atoms with E-state index in [1.807, 2.05) is 6.08 Å². The summed E-state index contributed by atoms with van der Waals surface area (Å²) < 4.78 is 12.5. The molecule has 0 unspecified atom stereocenters. The van der Waals surface area contributed by atoms with Gasteiger partial charge in [0.2, 0.25) is 0 Å². The van der Waals surface area contributed by atoms with Crippen LogP contribution in [0.15, 0.2) is 35.5 Å². The lowest BCUT2D eigenvalue weighted by atomic mass is 10.2. The zero-order chi connectivity index (χ0) is 9.52. The van der Waals surface area contributed by atoms with Crippen LogP contribution >= 0.6 is 0 Å². The van der Waals surface area contributed by atoms with Crippen molar-refractivity contribution in [1.29, 1.82) is 0 Å². The highest BCUT2D eigenvalue weighted by atomic mass is 19.1. The zero-order valence-corrected chi connectivity index (χ0v) is 7.27. The molecular formula is C10H10FNO. The van der Waals surface area contributed by atoms with Crippen molar-refractivity contribution < 1.29 is 9.23 Å². The number of hydrogen-bond acceptors (Lipinski definition) is 2. The van der Waals surface area contributed by atoms with Crippen molar-refractivity contribution in [3.8, 4) is 0 Å². The number of nitrogens with zero attached hydrogens (tertiary/aromatic N) is 1. The summed E-state index contributed by atoms with van der Waals surface area (Å²) in [6.07, 6.45) is 5.04. The Morgan fingerprint density at radius 1 is 1.31 bits per heavy atom. The van der Waals surface area contributed by atoms with Gasteiger partial charge in [-0.25, -0.2) is 4.39 Å². The smallest absolute Gasteiger partial charge is 0.123 e. The molecule has 68 valence electrons. The third kappa shape index (κ3) is 3.51. The first-order chi connectivity index (χ1) is 6.33. The summed E-state index contributed by atoms with van der Waals surface area (Å²) in [5.41, 5.74) is 0.920. The summed E-state index contributed by atoms with van der Waals surface area (Å²) in [5.74, 6) is -0.234. The molecule has 2 nitrogen and oxygen atoms in total. The summed E-state index contributed by atoms with van der Waals surface area (Å²) in [6, 6.07) is 6.19. The molecule has 0 aliphatic rings. The molecule has 0 fully saturated rings. The molecule has 0 spiro atoms. The van der Waals surface area contributed by atoms with Gasteiger partial charge in [-0.3, -0.25) is 0 Å². The molecule has 0 heterocycles. The van der Waals surface area contributed by atoms with Crippen LogP contribution in [0.3, 0.4) is 0 Å². The van der Waals surface area contributed by atoms with Crippen molar-refractivity contribution in [2.45, 2.75) is 0 Å². The Morgan fingerprint density at radius 3 is 2.62 bits per heavy atom. The average Bonchev–Trinajstić information content (AvgIpc) is 2.15. The second kappa shape index (κ2) is 5.09. The molecule has 0 radical (unpaired) electrons. The second-order valence-corrected chi connectivity index (χ2v) is 2.35. The predicted octanol–water partition coefficient (Wildman–Crippen LogP) is 2.47. The first-order valence-electron chi connectivity index (χ1n) is 3.81. The summed E-state index contributed by atoms with van der Waals surface area (Å²) in [6.45, 7) is 0. The largest absolute Gasteiger partial charge is 0.399 e. The van der Waals surface area contributed by atoms with Crippen LogP contribution in [0.5, 0.6) is 0 Å². The zero-order valence-electron chi connectivity index (χ0n) is 7.27. The van der Waals surface area contributed by atoms with Crippen molar-refractivity contribution >= 4 is 12.3 Å². The number of halogens is 1. The Morgan fingerprint density at radius 2 is 2.00 bits per heavy atom. The Hall–Kier alpha value is -1.64. The monoisotopic (exact) mass is 179 g/mol. The van der Waals surface area contributed by atoms with Crippen molar-refractivity contribution in [2.75, 3.05) is 7.11 Å². The fraction of sp³-hybridized carbons (Fsp3) is 0.100. The van der Waals surface area contributed by atoms with E-state index in [-0.39, 0.29) is 5.82 Å². The lowest BCUT2D eigenvalue weighted by Crippen LogP contribution is -1.74. The van der Waals surface area contributed by atoms with E-state index < -0.39 is 0 Å². The van der Waals surface area contributed by atoms with E-state index in [9.17, 15) is 4.39 Å². The molecule has 1 aromatic rings. The first kappa shape index (κ1) is 9.45. The minimum absolute atomic E-state index is 0.234. The fourth-order valence-electron chi connectivity index (χ4n) is 0.824. The molecule has 0 saturated carbocycles. The van der Waals surface area contributed by atoms with Gasteiger partial charge in [-0.05, 0) is 23.8 Å². The number of rotatable bonds is 3. The molecular weight excluding hydrogens is 169 g/mol. The molecule has 0 N–H and O–H groups in total. The third-order valence-corrected chi connectivity index (χ3v) is 1.41. The normalized spacial score (nSPS) is 11.2. The Bertz CT molecular complexity index is 303. The van der Waals surface area contributed by atoms with Gasteiger partial charge < -0.3 is 4.84 Å². The number of allylic oxidation sites excluding steroid dienone is 1. The lowest BCUT2D eigenvalue weighted by molar-refractivity contribution is 0.215. The van der Waals surface area contributed by atoms with Crippen LogP contribution in [-0.2, 0) is 4.84 Å². The van der Waals surface area contributed by atoms with Crippen LogP contribution in [-0.4, -0.2) is 13.3 Å². The Kier molecular flexibility index (Phi) is 3.70. The highest BCUT2D eigenvalue weighted by Crippen LogP contribution is 2.03. The molecule has 0 amide bonds. The molecule has 0 aromatic heterocycles. The maximum atomic E-state index is 12.5. The van der Waals surface area contributed by atoms with Gasteiger partial charge in [0.05, 0.1) is 6.21 Å². The molecule has 0 atom stereocenters. The quantitative estimate of drug-likeness (QED) is 0.516. The van der Waals surface area contributed by atoms with Crippen LogP contribution in [0.4, 0.5) is 4.39 Å². The molecule has 0 bridgehead atoms. The van der Waals surface area contributed by atoms with Gasteiger partial charge in [-0.1, -0.05) is 23.4 Å². The second-order valence-electron chi connectivity index (χ2n) is 2.35.